The molecule has 1 N–H and O–H groups in total. The van der Waals surface area contributed by atoms with Crippen LogP contribution >= 0.6 is 0 Å². The van der Waals surface area contributed by atoms with Gasteiger partial charge in [0.05, 0.1) is 0 Å². The van der Waals surface area contributed by atoms with Gasteiger partial charge < -0.3 is 10.1 Å². The van der Waals surface area contributed by atoms with Crippen LogP contribution in [-0.2, 0) is 5.41 Å². The van der Waals surface area contributed by atoms with E-state index in [0.717, 1.165) is 18.8 Å². The van der Waals surface area contributed by atoms with Gasteiger partial charge in [0.2, 0.25) is 0 Å². The summed E-state index contributed by atoms with van der Waals surface area (Å²) in [7, 11) is 0. The monoisotopic (exact) mass is 277 g/mol. The van der Waals surface area contributed by atoms with Crippen LogP contribution in [0.15, 0.2) is 18.2 Å². The zero-order chi connectivity index (χ0) is 15.3. The van der Waals surface area contributed by atoms with Crippen molar-refractivity contribution in [1.82, 2.24) is 5.32 Å². The number of hydrogen-bond acceptors (Lipinski definition) is 2. The van der Waals surface area contributed by atoms with Crippen LogP contribution in [0.3, 0.4) is 0 Å². The van der Waals surface area contributed by atoms with Crippen molar-refractivity contribution in [2.75, 3.05) is 13.1 Å². The van der Waals surface area contributed by atoms with Crippen LogP contribution in [0, 0.1) is 12.8 Å². The maximum Gasteiger partial charge on any atom is 0.123 e. The maximum atomic E-state index is 6.15. The van der Waals surface area contributed by atoms with Crippen molar-refractivity contribution in [2.24, 2.45) is 5.92 Å². The highest BCUT2D eigenvalue weighted by atomic mass is 16.5. The largest absolute Gasteiger partial charge is 0.489 e. The van der Waals surface area contributed by atoms with Crippen LogP contribution in [0.5, 0.6) is 5.75 Å². The third-order valence-electron chi connectivity index (χ3n) is 3.26. The molecular weight excluding hydrogens is 246 g/mol. The van der Waals surface area contributed by atoms with Crippen LogP contribution in [0.1, 0.15) is 52.7 Å². The Morgan fingerprint density at radius 3 is 2.30 bits per heavy atom. The summed E-state index contributed by atoms with van der Waals surface area (Å²) in [5, 5.41) is 3.45. The molecular formula is C18H31NO. The molecule has 0 fully saturated rings. The van der Waals surface area contributed by atoms with Gasteiger partial charge in [0.15, 0.2) is 0 Å². The topological polar surface area (TPSA) is 21.3 Å². The molecule has 1 aromatic rings. The zero-order valence-corrected chi connectivity index (χ0v) is 14.2. The van der Waals surface area contributed by atoms with Gasteiger partial charge in [0.25, 0.3) is 0 Å². The minimum absolute atomic E-state index is 0.104. The minimum Gasteiger partial charge on any atom is -0.489 e. The second-order valence-electron chi connectivity index (χ2n) is 7.23. The first-order chi connectivity index (χ1) is 9.20. The highest BCUT2D eigenvalue weighted by Crippen LogP contribution is 2.32. The van der Waals surface area contributed by atoms with Crippen LogP contribution in [-0.4, -0.2) is 19.2 Å². The van der Waals surface area contributed by atoms with Crippen molar-refractivity contribution in [3.8, 4) is 5.75 Å². The fraction of sp³-hybridized carbons (Fsp3) is 0.667. The van der Waals surface area contributed by atoms with Crippen molar-refractivity contribution in [1.29, 1.82) is 0 Å². The van der Waals surface area contributed by atoms with E-state index in [-0.39, 0.29) is 11.5 Å². The lowest BCUT2D eigenvalue weighted by molar-refractivity contribution is 0.211. The fourth-order valence-electron chi connectivity index (χ4n) is 2.17. The standard InChI is InChI=1S/C18H31NO/c1-13(2)11-19-12-15(4)20-17-9-8-14(3)10-16(17)18(5,6)7/h8-10,13,15,19H,11-12H2,1-7H3. The Balaban J connectivity index is 2.72. The highest BCUT2D eigenvalue weighted by Gasteiger charge is 2.20. The average Bonchev–Trinajstić information content (AvgIpc) is 2.29. The van der Waals surface area contributed by atoms with Crippen molar-refractivity contribution in [3.05, 3.63) is 29.3 Å². The van der Waals surface area contributed by atoms with Gasteiger partial charge >= 0.3 is 0 Å². The number of hydrogen-bond donors (Lipinski definition) is 1. The number of benzene rings is 1. The van der Waals surface area contributed by atoms with Crippen LogP contribution in [0.2, 0.25) is 0 Å². The molecule has 0 radical (unpaired) electrons. The third kappa shape index (κ3) is 5.54. The number of nitrogens with one attached hydrogen (secondary N) is 1. The summed E-state index contributed by atoms with van der Waals surface area (Å²) in [6, 6.07) is 6.47. The van der Waals surface area contributed by atoms with Gasteiger partial charge in [-0.05, 0) is 43.4 Å². The lowest BCUT2D eigenvalue weighted by atomic mass is 9.85. The molecule has 20 heavy (non-hydrogen) atoms. The number of aryl methyl sites for hydroxylation is 1. The predicted octanol–water partition coefficient (Wildman–Crippen LogP) is 4.31. The molecule has 0 saturated carbocycles. The van der Waals surface area contributed by atoms with Crippen molar-refractivity contribution < 1.29 is 4.74 Å². The summed E-state index contributed by atoms with van der Waals surface area (Å²) < 4.78 is 6.15. The normalized spacial score (nSPS) is 13.6. The Kier molecular flexibility index (Phi) is 6.07. The Labute approximate surface area is 124 Å². The maximum absolute atomic E-state index is 6.15. The molecule has 0 bridgehead atoms. The van der Waals surface area contributed by atoms with E-state index in [2.05, 4.69) is 72.0 Å². The van der Waals surface area contributed by atoms with Gasteiger partial charge in [-0.2, -0.15) is 0 Å². The van der Waals surface area contributed by atoms with Gasteiger partial charge in [-0.3, -0.25) is 0 Å². The first-order valence-electron chi connectivity index (χ1n) is 7.68. The van der Waals surface area contributed by atoms with Crippen LogP contribution in [0.4, 0.5) is 0 Å². The van der Waals surface area contributed by atoms with E-state index in [0.29, 0.717) is 5.92 Å². The molecule has 0 amide bonds. The SMILES string of the molecule is Cc1ccc(OC(C)CNCC(C)C)c(C(C)(C)C)c1. The van der Waals surface area contributed by atoms with Crippen LogP contribution < -0.4 is 10.1 Å². The van der Waals surface area contributed by atoms with E-state index in [4.69, 9.17) is 4.74 Å². The molecule has 2 nitrogen and oxygen atoms in total. The van der Waals surface area contributed by atoms with Crippen molar-refractivity contribution in [3.63, 3.8) is 0 Å². The van der Waals surface area contributed by atoms with E-state index in [9.17, 15) is 0 Å². The molecule has 1 unspecified atom stereocenters. The van der Waals surface area contributed by atoms with Crippen LogP contribution in [0.25, 0.3) is 0 Å². The molecule has 0 aliphatic carbocycles. The molecule has 0 aliphatic rings. The molecule has 0 spiro atoms. The van der Waals surface area contributed by atoms with Gasteiger partial charge in [0.1, 0.15) is 11.9 Å². The van der Waals surface area contributed by atoms with E-state index in [1.165, 1.54) is 11.1 Å². The van der Waals surface area contributed by atoms with Gasteiger partial charge in [0, 0.05) is 6.54 Å². The quantitative estimate of drug-likeness (QED) is 0.837. The third-order valence-corrected chi connectivity index (χ3v) is 3.26. The Morgan fingerprint density at radius 1 is 1.10 bits per heavy atom. The van der Waals surface area contributed by atoms with Gasteiger partial charge in [-0.15, -0.1) is 0 Å². The van der Waals surface area contributed by atoms with E-state index >= 15 is 0 Å². The summed E-state index contributed by atoms with van der Waals surface area (Å²) >= 11 is 0. The molecule has 0 heterocycles. The molecule has 114 valence electrons. The molecule has 0 aliphatic heterocycles. The van der Waals surface area contributed by atoms with Gasteiger partial charge in [-0.1, -0.05) is 52.3 Å². The Bertz CT molecular complexity index is 418. The molecule has 0 aromatic heterocycles. The number of rotatable bonds is 6. The fourth-order valence-corrected chi connectivity index (χ4v) is 2.17. The van der Waals surface area contributed by atoms with E-state index in [1.807, 2.05) is 0 Å². The zero-order valence-electron chi connectivity index (χ0n) is 14.2. The predicted molar refractivity (Wildman–Crippen MR) is 87.7 cm³/mol. The van der Waals surface area contributed by atoms with Gasteiger partial charge in [-0.25, -0.2) is 0 Å². The smallest absolute Gasteiger partial charge is 0.123 e. The summed E-state index contributed by atoms with van der Waals surface area (Å²) in [5.74, 6) is 1.69. The molecule has 1 rings (SSSR count). The molecule has 1 aromatic carbocycles. The summed E-state index contributed by atoms with van der Waals surface area (Å²) in [6.07, 6.45) is 0.178. The average molecular weight is 277 g/mol. The number of ether oxygens (including phenoxy) is 1. The second kappa shape index (κ2) is 7.12. The molecule has 2 heteroatoms. The summed E-state index contributed by atoms with van der Waals surface area (Å²) in [6.45, 7) is 17.3. The minimum atomic E-state index is 0.104. The Hall–Kier alpha value is -1.02. The first kappa shape index (κ1) is 17.0. The van der Waals surface area contributed by atoms with E-state index < -0.39 is 0 Å². The van der Waals surface area contributed by atoms with Crippen molar-refractivity contribution in [2.45, 2.75) is 60.0 Å². The molecule has 0 saturated heterocycles. The lowest BCUT2D eigenvalue weighted by Gasteiger charge is -2.25. The van der Waals surface area contributed by atoms with E-state index in [1.54, 1.807) is 0 Å². The summed E-state index contributed by atoms with van der Waals surface area (Å²) in [5.41, 5.74) is 2.67. The van der Waals surface area contributed by atoms with Crippen molar-refractivity contribution >= 4 is 0 Å². The highest BCUT2D eigenvalue weighted by molar-refractivity contribution is 5.41. The second-order valence-corrected chi connectivity index (χ2v) is 7.23. The molecule has 1 atom stereocenters. The Morgan fingerprint density at radius 2 is 1.75 bits per heavy atom. The summed E-state index contributed by atoms with van der Waals surface area (Å²) in [4.78, 5) is 0. The lowest BCUT2D eigenvalue weighted by Crippen LogP contribution is -2.31. The first-order valence-corrected chi connectivity index (χ1v) is 7.68.